The van der Waals surface area contributed by atoms with Crippen molar-refractivity contribution in [2.75, 3.05) is 13.9 Å². The summed E-state index contributed by atoms with van der Waals surface area (Å²) in [6, 6.07) is 0. The largest absolute Gasteiger partial charge is 0.359 e. The predicted molar refractivity (Wildman–Crippen MR) is 53.9 cm³/mol. The van der Waals surface area contributed by atoms with E-state index in [9.17, 15) is 4.79 Å². The van der Waals surface area contributed by atoms with Gasteiger partial charge in [0.25, 0.3) is 0 Å². The Morgan fingerprint density at radius 1 is 1.64 bits per heavy atom. The van der Waals surface area contributed by atoms with E-state index >= 15 is 0 Å². The Hall–Kier alpha value is -0.670. The van der Waals surface area contributed by atoms with Crippen molar-refractivity contribution in [1.29, 1.82) is 0 Å². The van der Waals surface area contributed by atoms with Gasteiger partial charge in [-0.3, -0.25) is 4.79 Å². The van der Waals surface area contributed by atoms with Crippen LogP contribution in [0.15, 0.2) is 12.7 Å². The number of rotatable bonds is 5. The molecule has 3 nitrogen and oxygen atoms in total. The van der Waals surface area contributed by atoms with Crippen LogP contribution >= 0.6 is 0 Å². The van der Waals surface area contributed by atoms with Gasteiger partial charge in [0, 0.05) is 19.4 Å². The second kappa shape index (κ2) is 5.94. The summed E-state index contributed by atoms with van der Waals surface area (Å²) in [5, 5.41) is 0. The van der Waals surface area contributed by atoms with Crippen LogP contribution < -0.4 is 0 Å². The van der Waals surface area contributed by atoms with E-state index in [1.807, 2.05) is 0 Å². The normalized spacial score (nSPS) is 27.6. The highest BCUT2D eigenvalue weighted by molar-refractivity contribution is 5.81. The van der Waals surface area contributed by atoms with Gasteiger partial charge >= 0.3 is 0 Å². The highest BCUT2D eigenvalue weighted by atomic mass is 16.7. The van der Waals surface area contributed by atoms with Crippen LogP contribution in [0, 0.1) is 5.92 Å². The number of hydrogen-bond donors (Lipinski definition) is 0. The van der Waals surface area contributed by atoms with Gasteiger partial charge in [-0.2, -0.15) is 0 Å². The van der Waals surface area contributed by atoms with Crippen LogP contribution in [0.2, 0.25) is 0 Å². The molecule has 0 unspecified atom stereocenters. The van der Waals surface area contributed by atoms with Gasteiger partial charge in [0.05, 0.1) is 6.10 Å². The molecule has 0 aromatic heterocycles. The average Bonchev–Trinajstić information content (AvgIpc) is 2.19. The lowest BCUT2D eigenvalue weighted by Gasteiger charge is -2.27. The van der Waals surface area contributed by atoms with Crippen LogP contribution in [0.4, 0.5) is 0 Å². The predicted octanol–water partition coefficient (Wildman–Crippen LogP) is 1.92. The van der Waals surface area contributed by atoms with Gasteiger partial charge in [-0.25, -0.2) is 0 Å². The van der Waals surface area contributed by atoms with Crippen LogP contribution in [-0.2, 0) is 14.3 Å². The number of Topliss-reactive ketones (excluding diaryl/α,β-unsaturated/α-hetero) is 1. The molecule has 0 amide bonds. The number of ketones is 1. The zero-order valence-electron chi connectivity index (χ0n) is 8.70. The lowest BCUT2D eigenvalue weighted by molar-refractivity contribution is -0.133. The first-order chi connectivity index (χ1) is 6.77. The van der Waals surface area contributed by atoms with Crippen molar-refractivity contribution in [2.45, 2.75) is 31.8 Å². The summed E-state index contributed by atoms with van der Waals surface area (Å²) < 4.78 is 10.3. The maximum atomic E-state index is 11.5. The van der Waals surface area contributed by atoms with Crippen molar-refractivity contribution < 1.29 is 14.3 Å². The molecule has 1 rings (SSSR count). The minimum Gasteiger partial charge on any atom is -0.359 e. The Bertz CT molecular complexity index is 201. The van der Waals surface area contributed by atoms with Gasteiger partial charge in [-0.1, -0.05) is 6.08 Å². The van der Waals surface area contributed by atoms with Crippen molar-refractivity contribution in [2.24, 2.45) is 5.92 Å². The van der Waals surface area contributed by atoms with Crippen molar-refractivity contribution in [3.63, 3.8) is 0 Å². The molecule has 1 aliphatic rings. The highest BCUT2D eigenvalue weighted by Gasteiger charge is 2.27. The Morgan fingerprint density at radius 2 is 2.43 bits per heavy atom. The smallest absolute Gasteiger partial charge is 0.146 e. The maximum absolute atomic E-state index is 11.5. The first kappa shape index (κ1) is 11.4. The van der Waals surface area contributed by atoms with Gasteiger partial charge < -0.3 is 9.47 Å². The molecule has 0 spiro atoms. The standard InChI is InChI=1S/C11H18O3/c1-3-4-9-7-10(14-8-13-2)5-6-11(9)12/h3,9-10H,1,4-8H2,2H3/t9-,10+/m1/s1. The van der Waals surface area contributed by atoms with E-state index in [4.69, 9.17) is 9.47 Å². The average molecular weight is 198 g/mol. The van der Waals surface area contributed by atoms with Crippen LogP contribution in [0.25, 0.3) is 0 Å². The van der Waals surface area contributed by atoms with Gasteiger partial charge in [-0.15, -0.1) is 6.58 Å². The lowest BCUT2D eigenvalue weighted by Crippen LogP contribution is -2.30. The SMILES string of the molecule is C=CC[C@@H]1C[C@@H](OCOC)CCC1=O. The molecule has 0 aromatic rings. The Labute approximate surface area is 85.1 Å². The van der Waals surface area contributed by atoms with Crippen molar-refractivity contribution in [3.8, 4) is 0 Å². The third kappa shape index (κ3) is 3.24. The molecular formula is C11H18O3. The fourth-order valence-corrected chi connectivity index (χ4v) is 1.82. The minimum atomic E-state index is 0.114. The Balaban J connectivity index is 2.36. The molecule has 1 fully saturated rings. The van der Waals surface area contributed by atoms with Gasteiger partial charge in [0.2, 0.25) is 0 Å². The second-order valence-corrected chi connectivity index (χ2v) is 3.66. The first-order valence-corrected chi connectivity index (χ1v) is 5.02. The summed E-state index contributed by atoms with van der Waals surface area (Å²) in [6.07, 6.45) is 5.03. The quantitative estimate of drug-likeness (QED) is 0.500. The highest BCUT2D eigenvalue weighted by Crippen LogP contribution is 2.26. The molecule has 80 valence electrons. The lowest BCUT2D eigenvalue weighted by atomic mass is 9.84. The topological polar surface area (TPSA) is 35.5 Å². The van der Waals surface area contributed by atoms with Gasteiger partial charge in [0.15, 0.2) is 0 Å². The number of ether oxygens (including phenoxy) is 2. The van der Waals surface area contributed by atoms with E-state index in [1.54, 1.807) is 13.2 Å². The van der Waals surface area contributed by atoms with E-state index in [0.717, 1.165) is 19.3 Å². The molecule has 0 heterocycles. The summed E-state index contributed by atoms with van der Waals surface area (Å²) in [7, 11) is 1.61. The maximum Gasteiger partial charge on any atom is 0.146 e. The molecule has 1 saturated carbocycles. The Kier molecular flexibility index (Phi) is 4.84. The zero-order chi connectivity index (χ0) is 10.4. The molecular weight excluding hydrogens is 180 g/mol. The summed E-state index contributed by atoms with van der Waals surface area (Å²) >= 11 is 0. The molecule has 0 aromatic carbocycles. The minimum absolute atomic E-state index is 0.114. The monoisotopic (exact) mass is 198 g/mol. The third-order valence-electron chi connectivity index (χ3n) is 2.59. The summed E-state index contributed by atoms with van der Waals surface area (Å²) in [5.41, 5.74) is 0. The molecule has 3 heteroatoms. The van der Waals surface area contributed by atoms with Crippen molar-refractivity contribution in [3.05, 3.63) is 12.7 Å². The third-order valence-corrected chi connectivity index (χ3v) is 2.59. The van der Waals surface area contributed by atoms with Crippen LogP contribution in [-0.4, -0.2) is 25.8 Å². The number of allylic oxidation sites excluding steroid dienone is 1. The number of carbonyl (C=O) groups excluding carboxylic acids is 1. The van der Waals surface area contributed by atoms with E-state index < -0.39 is 0 Å². The molecule has 0 bridgehead atoms. The van der Waals surface area contributed by atoms with E-state index in [2.05, 4.69) is 6.58 Å². The van der Waals surface area contributed by atoms with Crippen LogP contribution in [0.1, 0.15) is 25.7 Å². The molecule has 1 aliphatic carbocycles. The van der Waals surface area contributed by atoms with Crippen molar-refractivity contribution in [1.82, 2.24) is 0 Å². The molecule has 0 radical (unpaired) electrons. The number of carbonyl (C=O) groups is 1. The molecule has 14 heavy (non-hydrogen) atoms. The summed E-state index contributed by atoms with van der Waals surface area (Å²) in [4.78, 5) is 11.5. The first-order valence-electron chi connectivity index (χ1n) is 5.02. The van der Waals surface area contributed by atoms with E-state index in [1.165, 1.54) is 0 Å². The summed E-state index contributed by atoms with van der Waals surface area (Å²) in [6.45, 7) is 3.98. The fraction of sp³-hybridized carbons (Fsp3) is 0.727. The number of methoxy groups -OCH3 is 1. The summed E-state index contributed by atoms with van der Waals surface area (Å²) in [5.74, 6) is 0.463. The van der Waals surface area contributed by atoms with Crippen LogP contribution in [0.5, 0.6) is 0 Å². The van der Waals surface area contributed by atoms with Gasteiger partial charge in [0.1, 0.15) is 12.6 Å². The van der Waals surface area contributed by atoms with Crippen molar-refractivity contribution >= 4 is 5.78 Å². The van der Waals surface area contributed by atoms with Crippen LogP contribution in [0.3, 0.4) is 0 Å². The fourth-order valence-electron chi connectivity index (χ4n) is 1.82. The molecule has 0 aliphatic heterocycles. The second-order valence-electron chi connectivity index (χ2n) is 3.66. The number of hydrogen-bond acceptors (Lipinski definition) is 3. The molecule has 2 atom stereocenters. The van der Waals surface area contributed by atoms with Gasteiger partial charge in [-0.05, 0) is 19.3 Å². The molecule has 0 saturated heterocycles. The molecule has 0 N–H and O–H groups in total. The van der Waals surface area contributed by atoms with E-state index in [-0.39, 0.29) is 12.0 Å². The Morgan fingerprint density at radius 3 is 3.07 bits per heavy atom. The van der Waals surface area contributed by atoms with E-state index in [0.29, 0.717) is 19.0 Å². The zero-order valence-corrected chi connectivity index (χ0v) is 8.70.